The SMILES string of the molecule is CN1CCCC(N(C)CCC2(N)CCCC2)C1. The van der Waals surface area contributed by atoms with E-state index in [0.717, 1.165) is 6.04 Å². The Bertz CT molecular complexity index is 236. The van der Waals surface area contributed by atoms with E-state index < -0.39 is 0 Å². The number of hydrogen-bond acceptors (Lipinski definition) is 3. The minimum Gasteiger partial charge on any atom is -0.325 e. The summed E-state index contributed by atoms with van der Waals surface area (Å²) in [6.45, 7) is 3.67. The summed E-state index contributed by atoms with van der Waals surface area (Å²) in [5, 5.41) is 0. The molecule has 1 saturated heterocycles. The molecule has 1 heterocycles. The number of nitrogens with two attached hydrogens (primary N) is 1. The first-order chi connectivity index (χ1) is 8.09. The smallest absolute Gasteiger partial charge is 0.0220 e. The summed E-state index contributed by atoms with van der Waals surface area (Å²) in [7, 11) is 4.52. The second-order valence-electron chi connectivity index (χ2n) is 6.36. The van der Waals surface area contributed by atoms with Crippen molar-refractivity contribution in [1.82, 2.24) is 9.80 Å². The fourth-order valence-electron chi connectivity index (χ4n) is 3.41. The third-order valence-electron chi connectivity index (χ3n) is 4.78. The summed E-state index contributed by atoms with van der Waals surface area (Å²) in [6.07, 6.45) is 9.05. The Hall–Kier alpha value is -0.120. The topological polar surface area (TPSA) is 32.5 Å². The normalized spacial score (nSPS) is 30.0. The number of rotatable bonds is 4. The quantitative estimate of drug-likeness (QED) is 0.810. The second kappa shape index (κ2) is 5.68. The highest BCUT2D eigenvalue weighted by molar-refractivity contribution is 4.90. The summed E-state index contributed by atoms with van der Waals surface area (Å²) in [5.41, 5.74) is 6.59. The van der Waals surface area contributed by atoms with Crippen LogP contribution >= 0.6 is 0 Å². The first-order valence-electron chi connectivity index (χ1n) is 7.27. The fourth-order valence-corrected chi connectivity index (χ4v) is 3.41. The summed E-state index contributed by atoms with van der Waals surface area (Å²) in [6, 6.07) is 0.749. The molecule has 0 aromatic rings. The van der Waals surface area contributed by atoms with Crippen LogP contribution in [0, 0.1) is 0 Å². The van der Waals surface area contributed by atoms with Crippen molar-refractivity contribution in [1.29, 1.82) is 0 Å². The van der Waals surface area contributed by atoms with Gasteiger partial charge in [0.05, 0.1) is 0 Å². The summed E-state index contributed by atoms with van der Waals surface area (Å²) >= 11 is 0. The van der Waals surface area contributed by atoms with E-state index in [1.54, 1.807) is 0 Å². The molecule has 2 N–H and O–H groups in total. The van der Waals surface area contributed by atoms with Gasteiger partial charge in [0.1, 0.15) is 0 Å². The van der Waals surface area contributed by atoms with E-state index in [9.17, 15) is 0 Å². The predicted molar refractivity (Wildman–Crippen MR) is 73.2 cm³/mol. The van der Waals surface area contributed by atoms with Crippen LogP contribution in [0.4, 0.5) is 0 Å². The molecule has 0 spiro atoms. The molecule has 3 nitrogen and oxygen atoms in total. The van der Waals surface area contributed by atoms with Crippen molar-refractivity contribution in [3.8, 4) is 0 Å². The minimum absolute atomic E-state index is 0.162. The molecule has 2 aliphatic rings. The van der Waals surface area contributed by atoms with E-state index in [0.29, 0.717) is 0 Å². The number of piperidine rings is 1. The van der Waals surface area contributed by atoms with Gasteiger partial charge in [-0.05, 0) is 59.3 Å². The molecular formula is C14H29N3. The highest BCUT2D eigenvalue weighted by Crippen LogP contribution is 2.30. The Kier molecular flexibility index (Phi) is 4.45. The summed E-state index contributed by atoms with van der Waals surface area (Å²) in [4.78, 5) is 5.00. The average Bonchev–Trinajstić information content (AvgIpc) is 2.74. The van der Waals surface area contributed by atoms with Gasteiger partial charge >= 0.3 is 0 Å². The second-order valence-corrected chi connectivity index (χ2v) is 6.36. The molecule has 100 valence electrons. The van der Waals surface area contributed by atoms with Gasteiger partial charge in [-0.2, -0.15) is 0 Å². The molecule has 0 aromatic heterocycles. The zero-order valence-corrected chi connectivity index (χ0v) is 11.6. The maximum atomic E-state index is 6.43. The zero-order valence-electron chi connectivity index (χ0n) is 11.6. The number of nitrogens with zero attached hydrogens (tertiary/aromatic N) is 2. The standard InChI is InChI=1S/C14H29N3/c1-16-10-5-6-13(12-16)17(2)11-9-14(15)7-3-4-8-14/h13H,3-12,15H2,1-2H3. The third kappa shape index (κ3) is 3.67. The van der Waals surface area contributed by atoms with Gasteiger partial charge in [0.2, 0.25) is 0 Å². The Morgan fingerprint density at radius 1 is 1.29 bits per heavy atom. The number of hydrogen-bond donors (Lipinski definition) is 1. The van der Waals surface area contributed by atoms with Crippen LogP contribution in [0.3, 0.4) is 0 Å². The predicted octanol–water partition coefficient (Wildman–Crippen LogP) is 1.67. The molecule has 0 bridgehead atoms. The first-order valence-corrected chi connectivity index (χ1v) is 7.27. The van der Waals surface area contributed by atoms with Gasteiger partial charge in [0.25, 0.3) is 0 Å². The van der Waals surface area contributed by atoms with Crippen molar-refractivity contribution in [2.75, 3.05) is 33.7 Å². The van der Waals surface area contributed by atoms with E-state index in [1.807, 2.05) is 0 Å². The van der Waals surface area contributed by atoms with Gasteiger partial charge in [0, 0.05) is 18.1 Å². The molecule has 1 aliphatic heterocycles. The van der Waals surface area contributed by atoms with E-state index in [2.05, 4.69) is 23.9 Å². The van der Waals surface area contributed by atoms with E-state index in [1.165, 1.54) is 64.6 Å². The van der Waals surface area contributed by atoms with Crippen molar-refractivity contribution in [2.24, 2.45) is 5.73 Å². The Labute approximate surface area is 106 Å². The van der Waals surface area contributed by atoms with E-state index in [-0.39, 0.29) is 5.54 Å². The Morgan fingerprint density at radius 3 is 2.65 bits per heavy atom. The highest BCUT2D eigenvalue weighted by Gasteiger charge is 2.30. The molecule has 2 rings (SSSR count). The van der Waals surface area contributed by atoms with Crippen molar-refractivity contribution >= 4 is 0 Å². The van der Waals surface area contributed by atoms with E-state index in [4.69, 9.17) is 5.73 Å². The maximum absolute atomic E-state index is 6.43. The van der Waals surface area contributed by atoms with Crippen LogP contribution in [-0.2, 0) is 0 Å². The first kappa shape index (κ1) is 13.3. The fraction of sp³-hybridized carbons (Fsp3) is 1.00. The largest absolute Gasteiger partial charge is 0.325 e. The molecule has 1 aliphatic carbocycles. The van der Waals surface area contributed by atoms with Gasteiger partial charge in [-0.15, -0.1) is 0 Å². The Morgan fingerprint density at radius 2 is 2.00 bits per heavy atom. The van der Waals surface area contributed by atoms with Crippen LogP contribution in [0.1, 0.15) is 44.9 Å². The zero-order chi connectivity index (χ0) is 12.3. The van der Waals surface area contributed by atoms with Crippen LogP contribution in [0.25, 0.3) is 0 Å². The molecule has 3 heteroatoms. The highest BCUT2D eigenvalue weighted by atomic mass is 15.2. The lowest BCUT2D eigenvalue weighted by atomic mass is 9.94. The summed E-state index contributed by atoms with van der Waals surface area (Å²) < 4.78 is 0. The van der Waals surface area contributed by atoms with Crippen molar-refractivity contribution in [2.45, 2.75) is 56.5 Å². The number of likely N-dealkylation sites (N-methyl/N-ethyl adjacent to an activating group) is 2. The van der Waals surface area contributed by atoms with Crippen LogP contribution in [0.5, 0.6) is 0 Å². The van der Waals surface area contributed by atoms with Crippen molar-refractivity contribution < 1.29 is 0 Å². The van der Waals surface area contributed by atoms with Crippen molar-refractivity contribution in [3.05, 3.63) is 0 Å². The molecule has 17 heavy (non-hydrogen) atoms. The Balaban J connectivity index is 1.74. The van der Waals surface area contributed by atoms with E-state index >= 15 is 0 Å². The van der Waals surface area contributed by atoms with Crippen LogP contribution in [0.15, 0.2) is 0 Å². The van der Waals surface area contributed by atoms with Crippen LogP contribution < -0.4 is 5.73 Å². The van der Waals surface area contributed by atoms with Crippen molar-refractivity contribution in [3.63, 3.8) is 0 Å². The lowest BCUT2D eigenvalue weighted by Gasteiger charge is -2.37. The average molecular weight is 239 g/mol. The molecule has 0 aromatic carbocycles. The molecule has 1 unspecified atom stereocenters. The van der Waals surface area contributed by atoms with Crippen LogP contribution in [0.2, 0.25) is 0 Å². The molecular weight excluding hydrogens is 210 g/mol. The van der Waals surface area contributed by atoms with Gasteiger partial charge < -0.3 is 15.5 Å². The minimum atomic E-state index is 0.162. The molecule has 0 radical (unpaired) electrons. The summed E-state index contributed by atoms with van der Waals surface area (Å²) in [5.74, 6) is 0. The third-order valence-corrected chi connectivity index (χ3v) is 4.78. The van der Waals surface area contributed by atoms with Gasteiger partial charge in [-0.1, -0.05) is 12.8 Å². The van der Waals surface area contributed by atoms with Gasteiger partial charge in [-0.3, -0.25) is 0 Å². The van der Waals surface area contributed by atoms with Gasteiger partial charge in [-0.25, -0.2) is 0 Å². The molecule has 0 amide bonds. The molecule has 1 saturated carbocycles. The lowest BCUT2D eigenvalue weighted by Crippen LogP contribution is -2.47. The van der Waals surface area contributed by atoms with Gasteiger partial charge in [0.15, 0.2) is 0 Å². The maximum Gasteiger partial charge on any atom is 0.0220 e. The monoisotopic (exact) mass is 239 g/mol. The lowest BCUT2D eigenvalue weighted by molar-refractivity contribution is 0.126. The molecule has 2 fully saturated rings. The molecule has 1 atom stereocenters. The van der Waals surface area contributed by atoms with Crippen LogP contribution in [-0.4, -0.2) is 55.1 Å². The number of likely N-dealkylation sites (tertiary alicyclic amines) is 1.